The van der Waals surface area contributed by atoms with Crippen LogP contribution in [0.25, 0.3) is 0 Å². The average Bonchev–Trinajstić information content (AvgIpc) is 3.18. The number of urea groups is 1. The Balaban J connectivity index is 1.15. The SMILES string of the molecule is CC(C)(C)OC(=O)C1CCN(C(=O)N2CCC(Nc3cccc4c3C(=O)N(C3CCC(=O)NC3=O)C4=O)CC2)CC1. The van der Waals surface area contributed by atoms with Crippen molar-refractivity contribution in [3.8, 4) is 0 Å². The molecule has 5 rings (SSSR count). The highest BCUT2D eigenvalue weighted by Crippen LogP contribution is 2.33. The fourth-order valence-electron chi connectivity index (χ4n) is 5.96. The summed E-state index contributed by atoms with van der Waals surface area (Å²) in [6.45, 7) is 7.63. The highest BCUT2D eigenvalue weighted by molar-refractivity contribution is 6.25. The van der Waals surface area contributed by atoms with Gasteiger partial charge < -0.3 is 19.9 Å². The van der Waals surface area contributed by atoms with Gasteiger partial charge in [0.05, 0.1) is 17.0 Å². The summed E-state index contributed by atoms with van der Waals surface area (Å²) >= 11 is 0. The Labute approximate surface area is 238 Å². The minimum absolute atomic E-state index is 0.0176. The fourth-order valence-corrected chi connectivity index (χ4v) is 5.96. The molecule has 0 saturated carbocycles. The normalized spacial score (nSPS) is 22.5. The number of carbonyl (C=O) groups excluding carboxylic acids is 6. The van der Waals surface area contributed by atoms with E-state index >= 15 is 0 Å². The molecule has 0 radical (unpaired) electrons. The van der Waals surface area contributed by atoms with Gasteiger partial charge in [-0.2, -0.15) is 0 Å². The highest BCUT2D eigenvalue weighted by Gasteiger charge is 2.46. The first kappa shape index (κ1) is 28.6. The average molecular weight is 568 g/mol. The molecule has 41 heavy (non-hydrogen) atoms. The maximum atomic E-state index is 13.4. The first-order chi connectivity index (χ1) is 19.4. The van der Waals surface area contributed by atoms with Crippen molar-refractivity contribution in [3.05, 3.63) is 29.3 Å². The lowest BCUT2D eigenvalue weighted by atomic mass is 9.96. The molecule has 1 unspecified atom stereocenters. The van der Waals surface area contributed by atoms with Gasteiger partial charge >= 0.3 is 12.0 Å². The molecule has 3 fully saturated rings. The van der Waals surface area contributed by atoms with Gasteiger partial charge in [0.1, 0.15) is 11.6 Å². The van der Waals surface area contributed by atoms with E-state index < -0.39 is 35.3 Å². The second-order valence-corrected chi connectivity index (χ2v) is 12.2. The first-order valence-corrected chi connectivity index (χ1v) is 14.3. The molecule has 1 atom stereocenters. The van der Waals surface area contributed by atoms with Gasteiger partial charge in [0.2, 0.25) is 11.8 Å². The van der Waals surface area contributed by atoms with Gasteiger partial charge in [0, 0.05) is 44.3 Å². The van der Waals surface area contributed by atoms with Crippen LogP contribution in [0.2, 0.25) is 0 Å². The number of piperidine rings is 3. The fraction of sp³-hybridized carbons (Fsp3) is 0.586. The summed E-state index contributed by atoms with van der Waals surface area (Å²) in [5.41, 5.74) is 0.447. The van der Waals surface area contributed by atoms with Crippen LogP contribution in [0.3, 0.4) is 0 Å². The summed E-state index contributed by atoms with van der Waals surface area (Å²) < 4.78 is 5.50. The molecule has 0 spiro atoms. The number of anilines is 1. The lowest BCUT2D eigenvalue weighted by molar-refractivity contribution is -0.161. The summed E-state index contributed by atoms with van der Waals surface area (Å²) in [6, 6.07) is 3.93. The van der Waals surface area contributed by atoms with Crippen LogP contribution in [0.15, 0.2) is 18.2 Å². The molecule has 220 valence electrons. The maximum Gasteiger partial charge on any atom is 0.320 e. The Morgan fingerprint density at radius 2 is 1.54 bits per heavy atom. The summed E-state index contributed by atoms with van der Waals surface area (Å²) in [4.78, 5) is 80.5. The number of rotatable bonds is 4. The molecular formula is C29H37N5O7. The molecule has 4 aliphatic heterocycles. The van der Waals surface area contributed by atoms with E-state index in [0.29, 0.717) is 57.5 Å². The Bertz CT molecular complexity index is 1270. The van der Waals surface area contributed by atoms with Crippen LogP contribution >= 0.6 is 0 Å². The van der Waals surface area contributed by atoms with E-state index in [1.807, 2.05) is 25.7 Å². The largest absolute Gasteiger partial charge is 0.460 e. The number of esters is 1. The monoisotopic (exact) mass is 567 g/mol. The third-order valence-corrected chi connectivity index (χ3v) is 8.10. The highest BCUT2D eigenvalue weighted by atomic mass is 16.6. The topological polar surface area (TPSA) is 145 Å². The van der Waals surface area contributed by atoms with Crippen molar-refractivity contribution in [3.63, 3.8) is 0 Å². The smallest absolute Gasteiger partial charge is 0.320 e. The van der Waals surface area contributed by atoms with Crippen molar-refractivity contribution in [1.29, 1.82) is 0 Å². The third-order valence-electron chi connectivity index (χ3n) is 8.10. The second kappa shape index (κ2) is 11.1. The molecule has 4 heterocycles. The molecule has 1 aromatic rings. The van der Waals surface area contributed by atoms with E-state index in [0.717, 1.165) is 4.90 Å². The molecule has 3 saturated heterocycles. The van der Waals surface area contributed by atoms with Crippen molar-refractivity contribution in [1.82, 2.24) is 20.0 Å². The number of hydrogen-bond acceptors (Lipinski definition) is 8. The van der Waals surface area contributed by atoms with Crippen LogP contribution in [0, 0.1) is 5.92 Å². The molecule has 0 aliphatic carbocycles. The predicted molar refractivity (Wildman–Crippen MR) is 147 cm³/mol. The lowest BCUT2D eigenvalue weighted by Crippen LogP contribution is -2.54. The zero-order valence-corrected chi connectivity index (χ0v) is 23.7. The number of imide groups is 2. The van der Waals surface area contributed by atoms with E-state index in [1.54, 1.807) is 23.1 Å². The van der Waals surface area contributed by atoms with E-state index in [-0.39, 0.29) is 47.9 Å². The number of amides is 6. The summed E-state index contributed by atoms with van der Waals surface area (Å²) in [5, 5.41) is 5.60. The van der Waals surface area contributed by atoms with Crippen LogP contribution in [-0.4, -0.2) is 94.2 Å². The van der Waals surface area contributed by atoms with Gasteiger partial charge in [0.25, 0.3) is 11.8 Å². The van der Waals surface area contributed by atoms with Gasteiger partial charge in [0.15, 0.2) is 0 Å². The molecule has 4 aliphatic rings. The predicted octanol–water partition coefficient (Wildman–Crippen LogP) is 2.14. The number of likely N-dealkylation sites (tertiary alicyclic amines) is 2. The Morgan fingerprint density at radius 3 is 2.15 bits per heavy atom. The van der Waals surface area contributed by atoms with Crippen molar-refractivity contribution in [2.75, 3.05) is 31.5 Å². The number of nitrogens with one attached hydrogen (secondary N) is 2. The summed E-state index contributed by atoms with van der Waals surface area (Å²) in [7, 11) is 0. The first-order valence-electron chi connectivity index (χ1n) is 14.3. The molecule has 0 bridgehead atoms. The number of nitrogens with zero attached hydrogens (tertiary/aromatic N) is 3. The van der Waals surface area contributed by atoms with Crippen LogP contribution in [0.1, 0.15) is 80.0 Å². The van der Waals surface area contributed by atoms with Gasteiger partial charge in [-0.15, -0.1) is 0 Å². The Morgan fingerprint density at radius 1 is 0.902 bits per heavy atom. The zero-order chi connectivity index (χ0) is 29.5. The molecule has 12 nitrogen and oxygen atoms in total. The number of benzene rings is 1. The van der Waals surface area contributed by atoms with Crippen LogP contribution in [0.5, 0.6) is 0 Å². The second-order valence-electron chi connectivity index (χ2n) is 12.2. The summed E-state index contributed by atoms with van der Waals surface area (Å²) in [6.07, 6.45) is 2.64. The maximum absolute atomic E-state index is 13.4. The number of ether oxygens (including phenoxy) is 1. The van der Waals surface area contributed by atoms with Crippen molar-refractivity contribution in [2.24, 2.45) is 5.92 Å². The molecule has 2 N–H and O–H groups in total. The van der Waals surface area contributed by atoms with Gasteiger partial charge in [-0.05, 0) is 65.0 Å². The van der Waals surface area contributed by atoms with Crippen molar-refractivity contribution < 1.29 is 33.5 Å². The van der Waals surface area contributed by atoms with Crippen molar-refractivity contribution in [2.45, 2.75) is 77.0 Å². The standard InChI is InChI=1S/C29H37N5O7/c1-29(2,3)41-27(39)17-9-13-32(14-10-17)28(40)33-15-11-18(12-16-33)30-20-6-4-5-19-23(20)26(38)34(25(19)37)21-7-8-22(35)31-24(21)36/h4-6,17-18,21,30H,7-16H2,1-3H3,(H,31,35,36). The van der Waals surface area contributed by atoms with E-state index in [4.69, 9.17) is 4.74 Å². The van der Waals surface area contributed by atoms with Gasteiger partial charge in [-0.25, -0.2) is 4.79 Å². The number of fused-ring (bicyclic) bond motifs is 1. The van der Waals surface area contributed by atoms with Crippen LogP contribution < -0.4 is 10.6 Å². The number of carbonyl (C=O) groups is 6. The van der Waals surface area contributed by atoms with Crippen LogP contribution in [-0.2, 0) is 19.1 Å². The van der Waals surface area contributed by atoms with E-state index in [2.05, 4.69) is 10.6 Å². The Kier molecular flexibility index (Phi) is 7.76. The minimum atomic E-state index is -1.02. The van der Waals surface area contributed by atoms with Gasteiger partial charge in [-0.3, -0.25) is 34.2 Å². The van der Waals surface area contributed by atoms with Crippen LogP contribution in [0.4, 0.5) is 10.5 Å². The summed E-state index contributed by atoms with van der Waals surface area (Å²) in [5.74, 6) is -2.55. The molecular weight excluding hydrogens is 530 g/mol. The third kappa shape index (κ3) is 5.91. The quantitative estimate of drug-likeness (QED) is 0.416. The molecule has 1 aromatic carbocycles. The Hall–Kier alpha value is -3.96. The molecule has 0 aromatic heterocycles. The molecule has 12 heteroatoms. The minimum Gasteiger partial charge on any atom is -0.460 e. The van der Waals surface area contributed by atoms with E-state index in [9.17, 15) is 28.8 Å². The molecule has 6 amide bonds. The van der Waals surface area contributed by atoms with Crippen molar-refractivity contribution >= 4 is 41.3 Å². The van der Waals surface area contributed by atoms with Gasteiger partial charge in [-0.1, -0.05) is 6.07 Å². The zero-order valence-electron chi connectivity index (χ0n) is 23.7. The number of hydrogen-bond donors (Lipinski definition) is 2. The lowest BCUT2D eigenvalue weighted by Gasteiger charge is -2.39. The van der Waals surface area contributed by atoms with E-state index in [1.165, 1.54) is 0 Å².